The van der Waals surface area contributed by atoms with Crippen molar-refractivity contribution in [2.75, 3.05) is 17.3 Å². The summed E-state index contributed by atoms with van der Waals surface area (Å²) in [5.74, 6) is -2.19. The molecule has 0 spiro atoms. The maximum absolute atomic E-state index is 13.9. The lowest BCUT2D eigenvalue weighted by Crippen LogP contribution is -2.45. The van der Waals surface area contributed by atoms with E-state index in [1.165, 1.54) is 24.1 Å². The van der Waals surface area contributed by atoms with E-state index in [0.29, 0.717) is 22.6 Å². The van der Waals surface area contributed by atoms with Crippen LogP contribution in [0.25, 0.3) is 0 Å². The molecule has 5 rings (SSSR count). The van der Waals surface area contributed by atoms with Gasteiger partial charge in [-0.1, -0.05) is 66.7 Å². The monoisotopic (exact) mass is 549 g/mol. The molecule has 4 aromatic rings. The zero-order valence-electron chi connectivity index (χ0n) is 22.1. The number of nitrogens with one attached hydrogen (secondary N) is 2. The number of carbonyl (C=O) groups is 4. The average molecular weight is 550 g/mol. The topological polar surface area (TPSA) is 125 Å². The van der Waals surface area contributed by atoms with E-state index in [1.54, 1.807) is 78.9 Å². The van der Waals surface area contributed by atoms with Crippen LogP contribution in [-0.2, 0) is 16.0 Å². The fourth-order valence-corrected chi connectivity index (χ4v) is 4.79. The van der Waals surface area contributed by atoms with E-state index in [2.05, 4.69) is 10.6 Å². The van der Waals surface area contributed by atoms with E-state index in [9.17, 15) is 24.3 Å². The van der Waals surface area contributed by atoms with Crippen LogP contribution in [0.4, 0.5) is 11.4 Å². The highest BCUT2D eigenvalue weighted by molar-refractivity contribution is 6.17. The summed E-state index contributed by atoms with van der Waals surface area (Å²) in [6.45, 7) is 0. The lowest BCUT2D eigenvalue weighted by Gasteiger charge is -2.37. The molecule has 2 atom stereocenters. The number of benzene rings is 4. The standard InChI is InChI=1S/C32H27N3O6/c1-41-24-14-8-13-23(18-24)31(38)35-27-16-15-22(19-25(27)33-30(37)28(35)21-11-6-3-7-12-21)29(36)34-26(32(39)40)17-20-9-4-2-5-10-20/h2-16,18-19,26,28H,17H2,1H3,(H,33,37)(H,34,36)(H,39,40). The lowest BCUT2D eigenvalue weighted by molar-refractivity contribution is -0.139. The predicted molar refractivity (Wildman–Crippen MR) is 153 cm³/mol. The molecule has 3 amide bonds. The summed E-state index contributed by atoms with van der Waals surface area (Å²) >= 11 is 0. The Labute approximate surface area is 236 Å². The molecule has 1 heterocycles. The number of carboxylic acids is 1. The van der Waals surface area contributed by atoms with E-state index in [1.807, 2.05) is 12.1 Å². The first-order valence-corrected chi connectivity index (χ1v) is 12.9. The van der Waals surface area contributed by atoms with Gasteiger partial charge >= 0.3 is 5.97 Å². The van der Waals surface area contributed by atoms with Crippen LogP contribution in [0.1, 0.15) is 37.9 Å². The summed E-state index contributed by atoms with van der Waals surface area (Å²) in [6.07, 6.45) is 0.102. The summed E-state index contributed by atoms with van der Waals surface area (Å²) in [4.78, 5) is 53.8. The number of anilines is 2. The molecule has 0 radical (unpaired) electrons. The first kappa shape index (κ1) is 27.1. The number of ether oxygens (including phenoxy) is 1. The quantitative estimate of drug-likeness (QED) is 0.298. The Hall–Kier alpha value is -5.44. The van der Waals surface area contributed by atoms with Crippen molar-refractivity contribution in [3.05, 3.63) is 125 Å². The van der Waals surface area contributed by atoms with Crippen molar-refractivity contribution in [2.24, 2.45) is 0 Å². The lowest BCUT2D eigenvalue weighted by atomic mass is 9.97. The van der Waals surface area contributed by atoms with Crippen molar-refractivity contribution >= 4 is 35.1 Å². The molecule has 4 aromatic carbocycles. The van der Waals surface area contributed by atoms with E-state index in [-0.39, 0.29) is 17.7 Å². The van der Waals surface area contributed by atoms with Gasteiger partial charge in [-0.05, 0) is 47.5 Å². The number of carbonyl (C=O) groups excluding carboxylic acids is 3. The summed E-state index contributed by atoms with van der Waals surface area (Å²) in [6, 6.07) is 26.9. The minimum atomic E-state index is -1.17. The molecule has 206 valence electrons. The fourth-order valence-electron chi connectivity index (χ4n) is 4.79. The van der Waals surface area contributed by atoms with Crippen LogP contribution in [0.5, 0.6) is 5.75 Å². The molecule has 0 aromatic heterocycles. The zero-order chi connectivity index (χ0) is 28.9. The molecular formula is C32H27N3O6. The number of nitrogens with zero attached hydrogens (tertiary/aromatic N) is 1. The number of hydrogen-bond donors (Lipinski definition) is 3. The minimum Gasteiger partial charge on any atom is -0.497 e. The summed E-state index contributed by atoms with van der Waals surface area (Å²) in [5.41, 5.74) is 2.46. The highest BCUT2D eigenvalue weighted by Crippen LogP contribution is 2.40. The van der Waals surface area contributed by atoms with E-state index in [4.69, 9.17) is 4.74 Å². The minimum absolute atomic E-state index is 0.102. The van der Waals surface area contributed by atoms with Gasteiger partial charge in [0.1, 0.15) is 17.8 Å². The summed E-state index contributed by atoms with van der Waals surface area (Å²) in [5, 5.41) is 15.1. The molecule has 1 aliphatic rings. The normalized spacial score (nSPS) is 14.8. The Morgan fingerprint density at radius 2 is 1.61 bits per heavy atom. The van der Waals surface area contributed by atoms with Crippen molar-refractivity contribution < 1.29 is 29.0 Å². The number of rotatable bonds is 8. The first-order chi connectivity index (χ1) is 19.9. The second kappa shape index (κ2) is 11.7. The Balaban J connectivity index is 1.49. The number of fused-ring (bicyclic) bond motifs is 1. The van der Waals surface area contributed by atoms with Gasteiger partial charge in [-0.25, -0.2) is 4.79 Å². The first-order valence-electron chi connectivity index (χ1n) is 12.9. The van der Waals surface area contributed by atoms with E-state index >= 15 is 0 Å². The zero-order valence-corrected chi connectivity index (χ0v) is 22.1. The largest absolute Gasteiger partial charge is 0.497 e. The second-order valence-electron chi connectivity index (χ2n) is 9.50. The average Bonchev–Trinajstić information content (AvgIpc) is 3.00. The molecule has 2 unspecified atom stereocenters. The number of aliphatic carboxylic acids is 1. The second-order valence-corrected chi connectivity index (χ2v) is 9.50. The van der Waals surface area contributed by atoms with Gasteiger partial charge in [0.2, 0.25) is 0 Å². The highest BCUT2D eigenvalue weighted by Gasteiger charge is 2.39. The van der Waals surface area contributed by atoms with Gasteiger partial charge in [0.05, 0.1) is 18.5 Å². The Morgan fingerprint density at radius 3 is 2.29 bits per heavy atom. The van der Waals surface area contributed by atoms with Crippen LogP contribution in [0.2, 0.25) is 0 Å². The molecular weight excluding hydrogens is 522 g/mol. The van der Waals surface area contributed by atoms with Gasteiger partial charge in [-0.15, -0.1) is 0 Å². The SMILES string of the molecule is COc1cccc(C(=O)N2c3ccc(C(=O)NC(Cc4ccccc4)C(=O)O)cc3NC(=O)C2c2ccccc2)c1. The van der Waals surface area contributed by atoms with E-state index in [0.717, 1.165) is 5.56 Å². The molecule has 1 aliphatic heterocycles. The molecule has 3 N–H and O–H groups in total. The van der Waals surface area contributed by atoms with Crippen LogP contribution in [-0.4, -0.2) is 41.9 Å². The van der Waals surface area contributed by atoms with Crippen LogP contribution >= 0.6 is 0 Å². The van der Waals surface area contributed by atoms with Crippen molar-refractivity contribution in [1.29, 1.82) is 0 Å². The molecule has 0 saturated heterocycles. The smallest absolute Gasteiger partial charge is 0.326 e. The maximum atomic E-state index is 13.9. The van der Waals surface area contributed by atoms with Gasteiger partial charge in [-0.3, -0.25) is 19.3 Å². The Morgan fingerprint density at radius 1 is 0.902 bits per heavy atom. The fraction of sp³-hybridized carbons (Fsp3) is 0.125. The van der Waals surface area contributed by atoms with Crippen LogP contribution in [0.3, 0.4) is 0 Å². The van der Waals surface area contributed by atoms with Crippen LogP contribution in [0, 0.1) is 0 Å². The molecule has 0 bridgehead atoms. The van der Waals surface area contributed by atoms with Gasteiger partial charge in [0.25, 0.3) is 17.7 Å². The van der Waals surface area contributed by atoms with Crippen molar-refractivity contribution in [2.45, 2.75) is 18.5 Å². The van der Waals surface area contributed by atoms with Gasteiger partial charge in [-0.2, -0.15) is 0 Å². The van der Waals surface area contributed by atoms with Crippen molar-refractivity contribution in [3.63, 3.8) is 0 Å². The maximum Gasteiger partial charge on any atom is 0.326 e. The third-order valence-corrected chi connectivity index (χ3v) is 6.82. The number of carboxylic acid groups (broad SMARTS) is 1. The van der Waals surface area contributed by atoms with E-state index < -0.39 is 35.8 Å². The molecule has 9 nitrogen and oxygen atoms in total. The third kappa shape index (κ3) is 5.79. The van der Waals surface area contributed by atoms with Gasteiger partial charge in [0, 0.05) is 17.5 Å². The molecule has 41 heavy (non-hydrogen) atoms. The number of hydrogen-bond acceptors (Lipinski definition) is 5. The number of amides is 3. The molecule has 9 heteroatoms. The highest BCUT2D eigenvalue weighted by atomic mass is 16.5. The molecule has 0 fully saturated rings. The Kier molecular flexibility index (Phi) is 7.78. The van der Waals surface area contributed by atoms with Gasteiger partial charge < -0.3 is 20.5 Å². The number of methoxy groups -OCH3 is 1. The third-order valence-electron chi connectivity index (χ3n) is 6.82. The van der Waals surface area contributed by atoms with Crippen LogP contribution < -0.4 is 20.3 Å². The van der Waals surface area contributed by atoms with Crippen molar-refractivity contribution in [3.8, 4) is 5.75 Å². The predicted octanol–water partition coefficient (Wildman–Crippen LogP) is 4.46. The Bertz CT molecular complexity index is 1610. The van der Waals surface area contributed by atoms with Gasteiger partial charge in [0.15, 0.2) is 0 Å². The summed E-state index contributed by atoms with van der Waals surface area (Å²) < 4.78 is 5.29. The summed E-state index contributed by atoms with van der Waals surface area (Å²) in [7, 11) is 1.50. The molecule has 0 aliphatic carbocycles. The van der Waals surface area contributed by atoms with Crippen molar-refractivity contribution in [1.82, 2.24) is 5.32 Å². The van der Waals surface area contributed by atoms with Crippen LogP contribution in [0.15, 0.2) is 103 Å². The molecule has 0 saturated carbocycles.